The molecule has 8 nitrogen and oxygen atoms in total. The molecule has 0 saturated heterocycles. The van der Waals surface area contributed by atoms with E-state index in [0.717, 1.165) is 5.56 Å². The molecule has 2 aromatic carbocycles. The second-order valence-electron chi connectivity index (χ2n) is 6.66. The summed E-state index contributed by atoms with van der Waals surface area (Å²) >= 11 is 1.50. The SMILES string of the molecule is O=c1n(Cc2nc(-c3cccc(F)c3)no2)nc2c(SCc3ccccc3)nccn12. The fraction of sp³-hybridized carbons (Fsp3) is 0.0952. The van der Waals surface area contributed by atoms with E-state index in [-0.39, 0.29) is 23.9 Å². The van der Waals surface area contributed by atoms with Gasteiger partial charge >= 0.3 is 5.69 Å². The van der Waals surface area contributed by atoms with E-state index in [9.17, 15) is 9.18 Å². The Hall–Kier alpha value is -3.79. The third-order valence-electron chi connectivity index (χ3n) is 4.52. The Bertz CT molecular complexity index is 1410. The lowest BCUT2D eigenvalue weighted by Gasteiger charge is -2.01. The smallest absolute Gasteiger partial charge is 0.337 e. The highest BCUT2D eigenvalue weighted by molar-refractivity contribution is 7.98. The van der Waals surface area contributed by atoms with Crippen LogP contribution in [0.15, 0.2) is 81.3 Å². The molecule has 5 rings (SSSR count). The van der Waals surface area contributed by atoms with Gasteiger partial charge in [0, 0.05) is 23.7 Å². The molecular weight excluding hydrogens is 419 g/mol. The standard InChI is InChI=1S/C21H15FN6O2S/c22-16-8-4-7-15(11-16)18-24-17(30-26-18)12-28-21(29)27-10-9-23-20(19(27)25-28)31-13-14-5-2-1-3-6-14/h1-11H,12-13H2. The van der Waals surface area contributed by atoms with Gasteiger partial charge in [0.25, 0.3) is 0 Å². The van der Waals surface area contributed by atoms with Gasteiger partial charge in [0.2, 0.25) is 11.7 Å². The van der Waals surface area contributed by atoms with Gasteiger partial charge in [-0.1, -0.05) is 59.4 Å². The van der Waals surface area contributed by atoms with Gasteiger partial charge in [-0.2, -0.15) is 4.98 Å². The van der Waals surface area contributed by atoms with Crippen LogP contribution in [0.4, 0.5) is 4.39 Å². The number of benzene rings is 2. The Morgan fingerprint density at radius 2 is 1.97 bits per heavy atom. The molecule has 5 aromatic rings. The van der Waals surface area contributed by atoms with Crippen LogP contribution < -0.4 is 5.69 Å². The van der Waals surface area contributed by atoms with E-state index >= 15 is 0 Å². The number of hydrogen-bond donors (Lipinski definition) is 0. The Morgan fingerprint density at radius 1 is 1.10 bits per heavy atom. The molecule has 0 fully saturated rings. The molecule has 0 aliphatic heterocycles. The first-order chi connectivity index (χ1) is 15.2. The quantitative estimate of drug-likeness (QED) is 0.378. The molecule has 0 unspecified atom stereocenters. The normalized spacial score (nSPS) is 11.3. The minimum atomic E-state index is -0.395. The van der Waals surface area contributed by atoms with Crippen LogP contribution in [0.2, 0.25) is 0 Å². The summed E-state index contributed by atoms with van der Waals surface area (Å²) in [7, 11) is 0. The van der Waals surface area contributed by atoms with Gasteiger partial charge in [-0.05, 0) is 17.7 Å². The first kappa shape index (κ1) is 19.2. The highest BCUT2D eigenvalue weighted by Gasteiger charge is 2.16. The average molecular weight is 434 g/mol. The minimum Gasteiger partial charge on any atom is -0.337 e. The molecule has 154 valence electrons. The lowest BCUT2D eigenvalue weighted by Crippen LogP contribution is -2.21. The summed E-state index contributed by atoms with van der Waals surface area (Å²) in [6.07, 6.45) is 3.14. The molecule has 0 N–H and O–H groups in total. The first-order valence-corrected chi connectivity index (χ1v) is 10.4. The van der Waals surface area contributed by atoms with Gasteiger partial charge in [-0.15, -0.1) is 5.10 Å². The van der Waals surface area contributed by atoms with Crippen molar-refractivity contribution in [1.82, 2.24) is 29.3 Å². The van der Waals surface area contributed by atoms with Crippen LogP contribution >= 0.6 is 11.8 Å². The number of aromatic nitrogens is 6. The molecule has 0 aliphatic rings. The maximum absolute atomic E-state index is 13.4. The number of nitrogens with zero attached hydrogens (tertiary/aromatic N) is 6. The average Bonchev–Trinajstić information content (AvgIpc) is 3.39. The summed E-state index contributed by atoms with van der Waals surface area (Å²) in [6.45, 7) is -0.00831. The van der Waals surface area contributed by atoms with Crippen molar-refractivity contribution in [3.05, 3.63) is 94.7 Å². The zero-order chi connectivity index (χ0) is 21.2. The number of halogens is 1. The molecule has 0 bridgehead atoms. The molecule has 0 saturated carbocycles. The molecular formula is C21H15FN6O2S. The molecule has 3 heterocycles. The van der Waals surface area contributed by atoms with Crippen LogP contribution in [0.5, 0.6) is 0 Å². The van der Waals surface area contributed by atoms with Gasteiger partial charge in [-0.25, -0.2) is 23.3 Å². The summed E-state index contributed by atoms with van der Waals surface area (Å²) in [5.41, 5.74) is 1.75. The van der Waals surface area contributed by atoms with Crippen LogP contribution in [-0.2, 0) is 12.3 Å². The predicted molar refractivity (Wildman–Crippen MR) is 112 cm³/mol. The zero-order valence-electron chi connectivity index (χ0n) is 16.1. The van der Waals surface area contributed by atoms with Crippen molar-refractivity contribution in [2.24, 2.45) is 0 Å². The third-order valence-corrected chi connectivity index (χ3v) is 5.56. The van der Waals surface area contributed by atoms with E-state index in [2.05, 4.69) is 20.2 Å². The van der Waals surface area contributed by atoms with E-state index in [1.54, 1.807) is 24.5 Å². The number of fused-ring (bicyclic) bond motifs is 1. The van der Waals surface area contributed by atoms with E-state index in [0.29, 0.717) is 22.0 Å². The van der Waals surface area contributed by atoms with E-state index in [1.807, 2.05) is 30.3 Å². The molecule has 31 heavy (non-hydrogen) atoms. The predicted octanol–water partition coefficient (Wildman–Crippen LogP) is 3.42. The highest BCUT2D eigenvalue weighted by Crippen LogP contribution is 2.23. The van der Waals surface area contributed by atoms with Crippen LogP contribution in [-0.4, -0.2) is 29.3 Å². The second-order valence-corrected chi connectivity index (χ2v) is 7.63. The molecule has 0 aliphatic carbocycles. The van der Waals surface area contributed by atoms with Crippen molar-refractivity contribution >= 4 is 17.4 Å². The Balaban J connectivity index is 1.41. The maximum Gasteiger partial charge on any atom is 0.350 e. The third kappa shape index (κ3) is 3.97. The van der Waals surface area contributed by atoms with Crippen LogP contribution in [0.25, 0.3) is 17.0 Å². The summed E-state index contributed by atoms with van der Waals surface area (Å²) in [6, 6.07) is 15.9. The Morgan fingerprint density at radius 3 is 2.81 bits per heavy atom. The molecule has 0 atom stereocenters. The zero-order valence-corrected chi connectivity index (χ0v) is 16.9. The lowest BCUT2D eigenvalue weighted by molar-refractivity contribution is 0.364. The highest BCUT2D eigenvalue weighted by atomic mass is 32.2. The summed E-state index contributed by atoms with van der Waals surface area (Å²) < 4.78 is 21.3. The van der Waals surface area contributed by atoms with Crippen LogP contribution in [0.1, 0.15) is 11.5 Å². The van der Waals surface area contributed by atoms with Gasteiger partial charge in [0.1, 0.15) is 17.4 Å². The number of rotatable bonds is 6. The molecule has 0 radical (unpaired) electrons. The van der Waals surface area contributed by atoms with Crippen LogP contribution in [0.3, 0.4) is 0 Å². The topological polar surface area (TPSA) is 91.1 Å². The number of hydrogen-bond acceptors (Lipinski definition) is 7. The second kappa shape index (κ2) is 8.15. The van der Waals surface area contributed by atoms with Crippen molar-refractivity contribution in [2.75, 3.05) is 0 Å². The summed E-state index contributed by atoms with van der Waals surface area (Å²) in [5, 5.41) is 8.93. The van der Waals surface area contributed by atoms with Gasteiger partial charge in [0.05, 0.1) is 0 Å². The molecule has 0 amide bonds. The largest absolute Gasteiger partial charge is 0.350 e. The fourth-order valence-corrected chi connectivity index (χ4v) is 3.95. The van der Waals surface area contributed by atoms with E-state index in [4.69, 9.17) is 4.52 Å². The lowest BCUT2D eigenvalue weighted by atomic mass is 10.2. The first-order valence-electron chi connectivity index (χ1n) is 9.37. The summed E-state index contributed by atoms with van der Waals surface area (Å²) in [5.74, 6) is 0.742. The molecule has 0 spiro atoms. The Labute approximate surface area is 179 Å². The van der Waals surface area contributed by atoms with Gasteiger partial charge < -0.3 is 4.52 Å². The van der Waals surface area contributed by atoms with Crippen molar-refractivity contribution in [3.63, 3.8) is 0 Å². The Kier molecular flexibility index (Phi) is 5.04. The summed E-state index contributed by atoms with van der Waals surface area (Å²) in [4.78, 5) is 21.4. The van der Waals surface area contributed by atoms with Gasteiger partial charge in [0.15, 0.2) is 5.65 Å². The monoisotopic (exact) mass is 434 g/mol. The van der Waals surface area contributed by atoms with Crippen molar-refractivity contribution in [3.8, 4) is 11.4 Å². The molecule has 10 heteroatoms. The van der Waals surface area contributed by atoms with Crippen molar-refractivity contribution in [2.45, 2.75) is 17.3 Å². The van der Waals surface area contributed by atoms with Crippen molar-refractivity contribution < 1.29 is 8.91 Å². The van der Waals surface area contributed by atoms with Crippen LogP contribution in [0, 0.1) is 5.82 Å². The molecule has 3 aromatic heterocycles. The fourth-order valence-electron chi connectivity index (χ4n) is 3.05. The van der Waals surface area contributed by atoms with E-state index in [1.165, 1.54) is 33.0 Å². The number of thioether (sulfide) groups is 1. The maximum atomic E-state index is 13.4. The van der Waals surface area contributed by atoms with Crippen molar-refractivity contribution in [1.29, 1.82) is 0 Å². The van der Waals surface area contributed by atoms with E-state index < -0.39 is 5.82 Å². The minimum absolute atomic E-state index is 0.00831. The van der Waals surface area contributed by atoms with Gasteiger partial charge in [-0.3, -0.25) is 0 Å².